The molecule has 0 amide bonds. The van der Waals surface area contributed by atoms with E-state index in [-0.39, 0.29) is 11.5 Å². The lowest BCUT2D eigenvalue weighted by Crippen LogP contribution is -2.45. The van der Waals surface area contributed by atoms with E-state index < -0.39 is 15.4 Å². The highest BCUT2D eigenvalue weighted by atomic mass is 28.4. The summed E-state index contributed by atoms with van der Waals surface area (Å²) < 4.78 is 6.71. The third-order valence-electron chi connectivity index (χ3n) is 4.75. The average Bonchev–Trinajstić information content (AvgIpc) is 2.42. The normalized spacial score (nSPS) is 14.7. The van der Waals surface area contributed by atoms with Gasteiger partial charge >= 0.3 is 7.12 Å². The minimum absolute atomic E-state index is 0.108. The molecule has 0 aliphatic carbocycles. The van der Waals surface area contributed by atoms with Gasteiger partial charge in [-0.15, -0.1) is 0 Å². The molecule has 0 aliphatic rings. The lowest BCUT2D eigenvalue weighted by Gasteiger charge is -2.41. The minimum atomic E-state index is -1.66. The van der Waals surface area contributed by atoms with Crippen molar-refractivity contribution in [3.63, 3.8) is 0 Å². The molecule has 2 N–H and O–H groups in total. The van der Waals surface area contributed by atoms with Crippen LogP contribution in [0.3, 0.4) is 0 Å². The van der Waals surface area contributed by atoms with Crippen molar-refractivity contribution in [1.82, 2.24) is 0 Å². The molecule has 5 heteroatoms. The zero-order valence-corrected chi connectivity index (χ0v) is 15.9. The fourth-order valence-corrected chi connectivity index (χ4v) is 5.98. The summed E-state index contributed by atoms with van der Waals surface area (Å²) in [5.74, 6) is 1.44. The van der Waals surface area contributed by atoms with Crippen molar-refractivity contribution in [2.75, 3.05) is 0 Å². The molecule has 0 fully saturated rings. The van der Waals surface area contributed by atoms with Crippen molar-refractivity contribution in [3.05, 3.63) is 12.1 Å². The van der Waals surface area contributed by atoms with Gasteiger partial charge in [-0.25, -0.2) is 0 Å². The number of hydrogen-bond donors (Lipinski definition) is 2. The molecule has 0 aromatic carbocycles. The van der Waals surface area contributed by atoms with Crippen LogP contribution in [0.4, 0.5) is 0 Å². The molecule has 1 atom stereocenters. The SMILES string of the molecule is CCCC(C)(C)C(C/C=C/B(O)O)O[Si](CC)(CC)CC. The van der Waals surface area contributed by atoms with E-state index >= 15 is 0 Å². The predicted octanol–water partition coefficient (Wildman–Crippen LogP) is 4.16. The molecular weight excluding hydrogens is 279 g/mol. The third kappa shape index (κ3) is 7.13. The van der Waals surface area contributed by atoms with Gasteiger partial charge in [0.15, 0.2) is 8.32 Å². The summed E-state index contributed by atoms with van der Waals surface area (Å²) in [4.78, 5) is 0. The first-order valence-corrected chi connectivity index (χ1v) is 11.0. The van der Waals surface area contributed by atoms with Gasteiger partial charge in [-0.1, -0.05) is 60.0 Å². The highest BCUT2D eigenvalue weighted by Crippen LogP contribution is 2.36. The van der Waals surface area contributed by atoms with Gasteiger partial charge in [-0.3, -0.25) is 0 Å². The van der Waals surface area contributed by atoms with Gasteiger partial charge in [-0.2, -0.15) is 0 Å². The average molecular weight is 314 g/mol. The number of hydrogen-bond acceptors (Lipinski definition) is 3. The Morgan fingerprint density at radius 1 is 1.10 bits per heavy atom. The minimum Gasteiger partial charge on any atom is -0.424 e. The van der Waals surface area contributed by atoms with Gasteiger partial charge in [0.25, 0.3) is 0 Å². The monoisotopic (exact) mass is 314 g/mol. The Balaban J connectivity index is 5.11. The van der Waals surface area contributed by atoms with E-state index in [1.807, 2.05) is 6.08 Å². The van der Waals surface area contributed by atoms with Crippen molar-refractivity contribution < 1.29 is 14.5 Å². The van der Waals surface area contributed by atoms with Gasteiger partial charge in [0, 0.05) is 0 Å². The molecule has 0 heterocycles. The zero-order chi connectivity index (χ0) is 16.5. The molecule has 0 rings (SSSR count). The van der Waals surface area contributed by atoms with Crippen molar-refractivity contribution in [2.45, 2.75) is 85.0 Å². The van der Waals surface area contributed by atoms with Crippen LogP contribution in [0.25, 0.3) is 0 Å². The molecule has 0 aliphatic heterocycles. The fraction of sp³-hybridized carbons (Fsp3) is 0.875. The standard InChI is InChI=1S/C16H35BO3Si/c1-7-13-16(5,6)15(12-11-14-17(18)19)20-21(8-2,9-3)10-4/h11,14-15,18-19H,7-10,12-13H2,1-6H3/b14-11+. The van der Waals surface area contributed by atoms with E-state index in [2.05, 4.69) is 41.5 Å². The van der Waals surface area contributed by atoms with Gasteiger partial charge in [0.2, 0.25) is 0 Å². The van der Waals surface area contributed by atoms with Crippen molar-refractivity contribution in [3.8, 4) is 0 Å². The van der Waals surface area contributed by atoms with Crippen LogP contribution in [0.15, 0.2) is 12.1 Å². The second-order valence-corrected chi connectivity index (χ2v) is 11.4. The maximum atomic E-state index is 8.98. The summed E-state index contributed by atoms with van der Waals surface area (Å²) in [6.07, 6.45) is 5.01. The van der Waals surface area contributed by atoms with Crippen LogP contribution in [0, 0.1) is 5.41 Å². The summed E-state index contributed by atoms with van der Waals surface area (Å²) >= 11 is 0. The molecule has 0 aromatic rings. The molecule has 124 valence electrons. The highest BCUT2D eigenvalue weighted by Gasteiger charge is 2.37. The smallest absolute Gasteiger partial charge is 0.424 e. The first-order valence-electron chi connectivity index (χ1n) is 8.47. The molecule has 0 spiro atoms. The summed E-state index contributed by atoms with van der Waals surface area (Å²) in [6.45, 7) is 13.5. The van der Waals surface area contributed by atoms with Crippen LogP contribution in [0.2, 0.25) is 18.1 Å². The Morgan fingerprint density at radius 3 is 2.00 bits per heavy atom. The first kappa shape index (κ1) is 20.9. The third-order valence-corrected chi connectivity index (χ3v) is 9.40. The second-order valence-electron chi connectivity index (χ2n) is 6.67. The highest BCUT2D eigenvalue weighted by molar-refractivity contribution is 6.73. The molecular formula is C16H35BO3Si. The van der Waals surface area contributed by atoms with Crippen LogP contribution in [-0.4, -0.2) is 31.6 Å². The van der Waals surface area contributed by atoms with E-state index in [4.69, 9.17) is 14.5 Å². The Labute approximate surface area is 133 Å². The van der Waals surface area contributed by atoms with Crippen LogP contribution in [0.1, 0.15) is 60.8 Å². The Morgan fingerprint density at radius 2 is 1.62 bits per heavy atom. The van der Waals surface area contributed by atoms with E-state index in [9.17, 15) is 0 Å². The van der Waals surface area contributed by atoms with E-state index in [0.29, 0.717) is 0 Å². The summed E-state index contributed by atoms with van der Waals surface area (Å²) in [5.41, 5.74) is 0.108. The lowest BCUT2D eigenvalue weighted by atomic mass is 9.80. The van der Waals surface area contributed by atoms with Crippen LogP contribution < -0.4 is 0 Å². The van der Waals surface area contributed by atoms with Crippen molar-refractivity contribution in [1.29, 1.82) is 0 Å². The topological polar surface area (TPSA) is 49.7 Å². The van der Waals surface area contributed by atoms with E-state index in [0.717, 1.165) is 37.4 Å². The van der Waals surface area contributed by atoms with Crippen molar-refractivity contribution in [2.24, 2.45) is 5.41 Å². The molecule has 0 bridgehead atoms. The molecule has 3 nitrogen and oxygen atoms in total. The van der Waals surface area contributed by atoms with Gasteiger partial charge in [0.05, 0.1) is 6.10 Å². The maximum Gasteiger partial charge on any atom is 0.480 e. The summed E-state index contributed by atoms with van der Waals surface area (Å²) in [7, 11) is -3.03. The summed E-state index contributed by atoms with van der Waals surface area (Å²) in [6, 6.07) is 3.43. The molecule has 0 aromatic heterocycles. The van der Waals surface area contributed by atoms with Crippen LogP contribution >= 0.6 is 0 Å². The molecule has 0 saturated heterocycles. The second kappa shape index (κ2) is 9.83. The Bertz CT molecular complexity index is 294. The molecule has 1 unspecified atom stereocenters. The van der Waals surface area contributed by atoms with Gasteiger partial charge in [0.1, 0.15) is 0 Å². The Hall–Kier alpha value is -0.0982. The summed E-state index contributed by atoms with van der Waals surface area (Å²) in [5, 5.41) is 18.0. The van der Waals surface area contributed by atoms with Gasteiger partial charge in [-0.05, 0) is 36.4 Å². The van der Waals surface area contributed by atoms with Crippen LogP contribution in [-0.2, 0) is 4.43 Å². The largest absolute Gasteiger partial charge is 0.480 e. The molecule has 0 radical (unpaired) electrons. The zero-order valence-electron chi connectivity index (χ0n) is 14.9. The Kier molecular flexibility index (Phi) is 9.78. The lowest BCUT2D eigenvalue weighted by molar-refractivity contribution is 0.0579. The van der Waals surface area contributed by atoms with Crippen molar-refractivity contribution >= 4 is 15.4 Å². The van der Waals surface area contributed by atoms with E-state index in [1.165, 1.54) is 5.98 Å². The molecule has 0 saturated carbocycles. The predicted molar refractivity (Wildman–Crippen MR) is 94.7 cm³/mol. The fourth-order valence-electron chi connectivity index (χ4n) is 2.96. The maximum absolute atomic E-state index is 8.98. The first-order chi connectivity index (χ1) is 9.76. The van der Waals surface area contributed by atoms with E-state index in [1.54, 1.807) is 0 Å². The molecule has 21 heavy (non-hydrogen) atoms. The van der Waals surface area contributed by atoms with Gasteiger partial charge < -0.3 is 14.5 Å². The quantitative estimate of drug-likeness (QED) is 0.563. The van der Waals surface area contributed by atoms with Crippen LogP contribution in [0.5, 0.6) is 0 Å². The number of rotatable bonds is 11.